The average Bonchev–Trinajstić information content (AvgIpc) is 2.93. The fraction of sp³-hybridized carbons (Fsp3) is 0.400. The van der Waals surface area contributed by atoms with Gasteiger partial charge in [0.05, 0.1) is 0 Å². The van der Waals surface area contributed by atoms with Crippen LogP contribution in [0.1, 0.15) is 13.8 Å². The van der Waals surface area contributed by atoms with Gasteiger partial charge in [0, 0.05) is 18.0 Å². The normalized spacial score (nSPS) is 16.8. The summed E-state index contributed by atoms with van der Waals surface area (Å²) in [7, 11) is 0. The van der Waals surface area contributed by atoms with Crippen LogP contribution in [0.4, 0.5) is 4.79 Å². The molecule has 0 radical (unpaired) electrons. The second-order valence-corrected chi connectivity index (χ2v) is 6.29. The minimum atomic E-state index is -0.977. The molecule has 1 aliphatic heterocycles. The molecule has 6 nitrogen and oxygen atoms in total. The highest BCUT2D eigenvalue weighted by Crippen LogP contribution is 2.23. The van der Waals surface area contributed by atoms with Crippen molar-refractivity contribution in [1.82, 2.24) is 10.2 Å². The van der Waals surface area contributed by atoms with E-state index in [0.29, 0.717) is 13.1 Å². The number of amides is 3. The molecule has 1 fully saturated rings. The van der Waals surface area contributed by atoms with E-state index in [0.717, 1.165) is 9.80 Å². The van der Waals surface area contributed by atoms with Gasteiger partial charge in [-0.25, -0.2) is 4.79 Å². The van der Waals surface area contributed by atoms with E-state index in [1.54, 1.807) is 6.92 Å². The lowest BCUT2D eigenvalue weighted by Crippen LogP contribution is -2.42. The number of hydrogen-bond donors (Lipinski definition) is 1. The second-order valence-electron chi connectivity index (χ2n) is 4.87. The van der Waals surface area contributed by atoms with Gasteiger partial charge in [-0.3, -0.25) is 14.5 Å². The number of esters is 1. The SMILES string of the molecule is C[C@H](OC(=O)[C@@H](C)Sc1ccccc1)C(=O)N1CCNC1=O. The van der Waals surface area contributed by atoms with E-state index in [2.05, 4.69) is 5.32 Å². The lowest BCUT2D eigenvalue weighted by Gasteiger charge is -2.19. The number of nitrogens with one attached hydrogen (secondary N) is 1. The third-order valence-electron chi connectivity index (χ3n) is 3.15. The number of rotatable bonds is 5. The first-order valence-corrected chi connectivity index (χ1v) is 7.88. The summed E-state index contributed by atoms with van der Waals surface area (Å²) >= 11 is 1.36. The number of urea groups is 1. The van der Waals surface area contributed by atoms with Crippen molar-refractivity contribution in [3.63, 3.8) is 0 Å². The Bertz CT molecular complexity index is 564. The van der Waals surface area contributed by atoms with Crippen molar-refractivity contribution in [2.75, 3.05) is 13.1 Å². The molecule has 3 amide bonds. The summed E-state index contributed by atoms with van der Waals surface area (Å²) in [4.78, 5) is 37.5. The predicted molar refractivity (Wildman–Crippen MR) is 82.4 cm³/mol. The summed E-state index contributed by atoms with van der Waals surface area (Å²) in [6.07, 6.45) is -0.977. The van der Waals surface area contributed by atoms with Crippen LogP contribution in [0.5, 0.6) is 0 Å². The quantitative estimate of drug-likeness (QED) is 0.659. The van der Waals surface area contributed by atoms with E-state index < -0.39 is 29.3 Å². The first-order chi connectivity index (χ1) is 10.5. The molecule has 7 heteroatoms. The highest BCUT2D eigenvalue weighted by Gasteiger charge is 2.32. The van der Waals surface area contributed by atoms with Crippen molar-refractivity contribution < 1.29 is 19.1 Å². The number of hydrogen-bond acceptors (Lipinski definition) is 5. The minimum Gasteiger partial charge on any atom is -0.452 e. The predicted octanol–water partition coefficient (Wildman–Crippen LogP) is 1.65. The molecule has 1 N–H and O–H groups in total. The number of carbonyl (C=O) groups is 3. The summed E-state index contributed by atoms with van der Waals surface area (Å²) in [5.74, 6) is -0.977. The molecular formula is C15H18N2O4S. The Morgan fingerprint density at radius 2 is 1.95 bits per heavy atom. The lowest BCUT2D eigenvalue weighted by atomic mass is 10.3. The van der Waals surface area contributed by atoms with Crippen LogP contribution in [0.15, 0.2) is 35.2 Å². The van der Waals surface area contributed by atoms with Gasteiger partial charge in [-0.1, -0.05) is 18.2 Å². The molecule has 2 atom stereocenters. The maximum absolute atomic E-state index is 12.1. The minimum absolute atomic E-state index is 0.299. The molecule has 2 rings (SSSR count). The average molecular weight is 322 g/mol. The molecule has 0 bridgehead atoms. The zero-order valence-electron chi connectivity index (χ0n) is 12.4. The van der Waals surface area contributed by atoms with E-state index in [1.165, 1.54) is 18.7 Å². The summed E-state index contributed by atoms with van der Waals surface area (Å²) in [5.41, 5.74) is 0. The molecule has 1 heterocycles. The maximum atomic E-state index is 12.1. The number of imide groups is 1. The van der Waals surface area contributed by atoms with Crippen LogP contribution >= 0.6 is 11.8 Å². The van der Waals surface area contributed by atoms with Crippen molar-refractivity contribution in [3.8, 4) is 0 Å². The number of ether oxygens (including phenoxy) is 1. The summed E-state index contributed by atoms with van der Waals surface area (Å²) in [6, 6.07) is 9.03. The number of benzene rings is 1. The molecule has 0 aromatic heterocycles. The molecule has 0 spiro atoms. The van der Waals surface area contributed by atoms with E-state index in [4.69, 9.17) is 4.74 Å². The molecular weight excluding hydrogens is 304 g/mol. The van der Waals surface area contributed by atoms with E-state index >= 15 is 0 Å². The molecule has 1 aromatic rings. The topological polar surface area (TPSA) is 75.7 Å². The maximum Gasteiger partial charge on any atom is 0.324 e. The second kappa shape index (κ2) is 7.31. The Morgan fingerprint density at radius 1 is 1.27 bits per heavy atom. The Morgan fingerprint density at radius 3 is 2.55 bits per heavy atom. The zero-order chi connectivity index (χ0) is 16.1. The monoisotopic (exact) mass is 322 g/mol. The first kappa shape index (κ1) is 16.4. The summed E-state index contributed by atoms with van der Waals surface area (Å²) in [5, 5.41) is 2.10. The molecule has 0 aliphatic carbocycles. The number of carbonyl (C=O) groups excluding carboxylic acids is 3. The molecule has 1 saturated heterocycles. The third kappa shape index (κ3) is 4.00. The Kier molecular flexibility index (Phi) is 5.43. The van der Waals surface area contributed by atoms with Crippen LogP contribution < -0.4 is 5.32 Å². The van der Waals surface area contributed by atoms with E-state index in [1.807, 2.05) is 30.3 Å². The molecule has 118 valence electrons. The van der Waals surface area contributed by atoms with Crippen molar-refractivity contribution >= 4 is 29.7 Å². The van der Waals surface area contributed by atoms with Gasteiger partial charge in [0.15, 0.2) is 6.10 Å². The highest BCUT2D eigenvalue weighted by molar-refractivity contribution is 8.00. The Balaban J connectivity index is 1.87. The van der Waals surface area contributed by atoms with E-state index in [-0.39, 0.29) is 0 Å². The summed E-state index contributed by atoms with van der Waals surface area (Å²) in [6.45, 7) is 3.92. The number of thioether (sulfide) groups is 1. The van der Waals surface area contributed by atoms with Crippen molar-refractivity contribution in [1.29, 1.82) is 0 Å². The van der Waals surface area contributed by atoms with Gasteiger partial charge >= 0.3 is 12.0 Å². The molecule has 22 heavy (non-hydrogen) atoms. The fourth-order valence-corrected chi connectivity index (χ4v) is 2.85. The Labute approximate surface area is 133 Å². The standard InChI is InChI=1S/C15H18N2O4S/c1-10(13(18)17-9-8-16-15(17)20)21-14(19)11(2)22-12-6-4-3-5-7-12/h3-7,10-11H,8-9H2,1-2H3,(H,16,20)/t10-,11+/m0/s1. The lowest BCUT2D eigenvalue weighted by molar-refractivity contribution is -0.156. The summed E-state index contributed by atoms with van der Waals surface area (Å²) < 4.78 is 5.18. The van der Waals surface area contributed by atoms with Gasteiger partial charge in [0.25, 0.3) is 5.91 Å². The van der Waals surface area contributed by atoms with Crippen LogP contribution in [-0.4, -0.2) is 47.3 Å². The molecule has 0 saturated carbocycles. The van der Waals surface area contributed by atoms with Crippen LogP contribution in [0.2, 0.25) is 0 Å². The first-order valence-electron chi connectivity index (χ1n) is 7.00. The molecule has 1 aliphatic rings. The molecule has 1 aromatic carbocycles. The van der Waals surface area contributed by atoms with Crippen molar-refractivity contribution in [3.05, 3.63) is 30.3 Å². The molecule has 0 unspecified atom stereocenters. The van der Waals surface area contributed by atoms with E-state index in [9.17, 15) is 14.4 Å². The van der Waals surface area contributed by atoms with Crippen molar-refractivity contribution in [2.45, 2.75) is 30.1 Å². The highest BCUT2D eigenvalue weighted by atomic mass is 32.2. The van der Waals surface area contributed by atoms with Gasteiger partial charge in [-0.15, -0.1) is 11.8 Å². The van der Waals surface area contributed by atoms with Gasteiger partial charge < -0.3 is 10.1 Å². The third-order valence-corrected chi connectivity index (χ3v) is 4.24. The van der Waals surface area contributed by atoms with Gasteiger partial charge in [0.2, 0.25) is 0 Å². The van der Waals surface area contributed by atoms with Crippen LogP contribution in [0.3, 0.4) is 0 Å². The van der Waals surface area contributed by atoms with Crippen molar-refractivity contribution in [2.24, 2.45) is 0 Å². The van der Waals surface area contributed by atoms with Gasteiger partial charge in [0.1, 0.15) is 5.25 Å². The smallest absolute Gasteiger partial charge is 0.324 e. The zero-order valence-corrected chi connectivity index (χ0v) is 13.3. The van der Waals surface area contributed by atoms with Gasteiger partial charge in [-0.2, -0.15) is 0 Å². The van der Waals surface area contributed by atoms with Crippen LogP contribution in [-0.2, 0) is 14.3 Å². The van der Waals surface area contributed by atoms with Crippen LogP contribution in [0, 0.1) is 0 Å². The van der Waals surface area contributed by atoms with Crippen LogP contribution in [0.25, 0.3) is 0 Å². The largest absolute Gasteiger partial charge is 0.452 e. The number of nitrogens with zero attached hydrogens (tertiary/aromatic N) is 1. The Hall–Kier alpha value is -2.02. The van der Waals surface area contributed by atoms with Gasteiger partial charge in [-0.05, 0) is 26.0 Å². The fourth-order valence-electron chi connectivity index (χ4n) is 1.97.